The SMILES string of the molecule is N=Cc1c(C2CCCCC2C2=CC=CC2)ccc2ccccc12. The fraction of sp³-hybridized carbons (Fsp3) is 0.318. The third kappa shape index (κ3) is 2.55. The van der Waals surface area contributed by atoms with Crippen LogP contribution in [0.3, 0.4) is 0 Å². The molecule has 2 aromatic rings. The first-order chi connectivity index (χ1) is 11.4. The molecule has 2 aromatic carbocycles. The quantitative estimate of drug-likeness (QED) is 0.672. The molecule has 0 bridgehead atoms. The largest absolute Gasteiger partial charge is 0.308 e. The Morgan fingerprint density at radius 3 is 2.57 bits per heavy atom. The maximum absolute atomic E-state index is 8.01. The minimum atomic E-state index is 0.566. The molecule has 0 saturated heterocycles. The molecule has 23 heavy (non-hydrogen) atoms. The van der Waals surface area contributed by atoms with Gasteiger partial charge in [-0.15, -0.1) is 0 Å². The summed E-state index contributed by atoms with van der Waals surface area (Å²) in [5.41, 5.74) is 4.11. The molecule has 0 aliphatic heterocycles. The Balaban J connectivity index is 1.81. The van der Waals surface area contributed by atoms with E-state index in [1.807, 2.05) is 0 Å². The zero-order chi connectivity index (χ0) is 15.6. The Bertz CT molecular complexity index is 797. The maximum Gasteiger partial charge on any atom is 0.0259 e. The normalized spacial score (nSPS) is 23.9. The summed E-state index contributed by atoms with van der Waals surface area (Å²) >= 11 is 0. The summed E-state index contributed by atoms with van der Waals surface area (Å²) in [5, 5.41) is 10.5. The highest BCUT2D eigenvalue weighted by Crippen LogP contribution is 2.45. The van der Waals surface area contributed by atoms with Gasteiger partial charge in [-0.3, -0.25) is 0 Å². The second-order valence-corrected chi connectivity index (χ2v) is 6.81. The van der Waals surface area contributed by atoms with Crippen LogP contribution in [0.5, 0.6) is 0 Å². The monoisotopic (exact) mass is 301 g/mol. The molecule has 2 unspecified atom stereocenters. The van der Waals surface area contributed by atoms with Crippen LogP contribution in [-0.2, 0) is 0 Å². The number of fused-ring (bicyclic) bond motifs is 1. The van der Waals surface area contributed by atoms with Crippen molar-refractivity contribution in [1.29, 1.82) is 5.41 Å². The van der Waals surface area contributed by atoms with E-state index in [0.29, 0.717) is 11.8 Å². The summed E-state index contributed by atoms with van der Waals surface area (Å²) in [6, 6.07) is 13.0. The van der Waals surface area contributed by atoms with Gasteiger partial charge in [0.15, 0.2) is 0 Å². The fourth-order valence-corrected chi connectivity index (χ4v) is 4.48. The van der Waals surface area contributed by atoms with Crippen molar-refractivity contribution in [2.45, 2.75) is 38.0 Å². The molecule has 2 aliphatic rings. The van der Waals surface area contributed by atoms with Crippen LogP contribution in [0.1, 0.15) is 49.1 Å². The summed E-state index contributed by atoms with van der Waals surface area (Å²) in [7, 11) is 0. The average molecular weight is 301 g/mol. The van der Waals surface area contributed by atoms with E-state index in [-0.39, 0.29) is 0 Å². The van der Waals surface area contributed by atoms with Crippen molar-refractivity contribution in [2.24, 2.45) is 5.92 Å². The van der Waals surface area contributed by atoms with E-state index in [1.165, 1.54) is 42.0 Å². The van der Waals surface area contributed by atoms with Gasteiger partial charge in [-0.25, -0.2) is 0 Å². The minimum Gasteiger partial charge on any atom is -0.308 e. The first-order valence-electron chi connectivity index (χ1n) is 8.76. The van der Waals surface area contributed by atoms with Crippen molar-refractivity contribution in [3.8, 4) is 0 Å². The average Bonchev–Trinajstić information content (AvgIpc) is 3.15. The fourth-order valence-electron chi connectivity index (χ4n) is 4.48. The van der Waals surface area contributed by atoms with Crippen molar-refractivity contribution in [3.05, 3.63) is 71.3 Å². The van der Waals surface area contributed by atoms with Crippen LogP contribution in [-0.4, -0.2) is 6.21 Å². The van der Waals surface area contributed by atoms with Crippen LogP contribution < -0.4 is 0 Å². The lowest BCUT2D eigenvalue weighted by atomic mass is 9.70. The number of nitrogens with one attached hydrogen (secondary N) is 1. The Kier molecular flexibility index (Phi) is 3.87. The van der Waals surface area contributed by atoms with Crippen LogP contribution in [0.15, 0.2) is 60.2 Å². The Hall–Kier alpha value is -2.15. The van der Waals surface area contributed by atoms with Crippen molar-refractivity contribution in [3.63, 3.8) is 0 Å². The molecular formula is C22H23N. The standard InChI is InChI=1S/C22H23N/c23-15-22-19-11-4-3-9-17(19)13-14-21(22)20-12-6-5-10-18(20)16-7-1-2-8-16/h1-4,7,9,11,13-15,18,20,23H,5-6,8,10,12H2. The van der Waals surface area contributed by atoms with Crippen molar-refractivity contribution >= 4 is 17.0 Å². The highest BCUT2D eigenvalue weighted by Gasteiger charge is 2.30. The van der Waals surface area contributed by atoms with Gasteiger partial charge in [-0.05, 0) is 47.4 Å². The van der Waals surface area contributed by atoms with Gasteiger partial charge in [-0.1, -0.05) is 73.0 Å². The van der Waals surface area contributed by atoms with Gasteiger partial charge in [0.05, 0.1) is 0 Å². The molecule has 4 rings (SSSR count). The lowest BCUT2D eigenvalue weighted by Crippen LogP contribution is -2.20. The predicted molar refractivity (Wildman–Crippen MR) is 98.4 cm³/mol. The van der Waals surface area contributed by atoms with Crippen LogP contribution in [0, 0.1) is 11.3 Å². The Morgan fingerprint density at radius 2 is 1.78 bits per heavy atom. The van der Waals surface area contributed by atoms with Crippen LogP contribution in [0.25, 0.3) is 10.8 Å². The Morgan fingerprint density at radius 1 is 0.957 bits per heavy atom. The first kappa shape index (κ1) is 14.4. The first-order valence-corrected chi connectivity index (χ1v) is 8.76. The van der Waals surface area contributed by atoms with E-state index in [1.54, 1.807) is 11.8 Å². The summed E-state index contributed by atoms with van der Waals surface area (Å²) in [6.45, 7) is 0. The van der Waals surface area contributed by atoms with Crippen LogP contribution >= 0.6 is 0 Å². The summed E-state index contributed by atoms with van der Waals surface area (Å²) in [4.78, 5) is 0. The molecule has 1 N–H and O–H groups in total. The van der Waals surface area contributed by atoms with Gasteiger partial charge in [0.2, 0.25) is 0 Å². The molecule has 0 radical (unpaired) electrons. The third-order valence-corrected chi connectivity index (χ3v) is 5.59. The topological polar surface area (TPSA) is 23.9 Å². The molecule has 0 amide bonds. The van der Waals surface area contributed by atoms with E-state index in [9.17, 15) is 0 Å². The zero-order valence-corrected chi connectivity index (χ0v) is 13.5. The van der Waals surface area contributed by atoms with Crippen LogP contribution in [0.2, 0.25) is 0 Å². The summed E-state index contributed by atoms with van der Waals surface area (Å²) < 4.78 is 0. The highest BCUT2D eigenvalue weighted by molar-refractivity contribution is 6.00. The van der Waals surface area contributed by atoms with Gasteiger partial charge in [-0.2, -0.15) is 0 Å². The number of benzene rings is 2. The molecule has 2 atom stereocenters. The lowest BCUT2D eigenvalue weighted by molar-refractivity contribution is 0.345. The lowest BCUT2D eigenvalue weighted by Gasteiger charge is -2.34. The maximum atomic E-state index is 8.01. The highest BCUT2D eigenvalue weighted by atomic mass is 14.4. The van der Waals surface area contributed by atoms with E-state index < -0.39 is 0 Å². The summed E-state index contributed by atoms with van der Waals surface area (Å²) in [6.07, 6.45) is 14.7. The van der Waals surface area contributed by atoms with Crippen molar-refractivity contribution in [1.82, 2.24) is 0 Å². The minimum absolute atomic E-state index is 0.566. The molecule has 1 nitrogen and oxygen atoms in total. The molecule has 116 valence electrons. The smallest absolute Gasteiger partial charge is 0.0259 e. The van der Waals surface area contributed by atoms with Crippen LogP contribution in [0.4, 0.5) is 0 Å². The molecule has 1 heteroatoms. The molecular weight excluding hydrogens is 278 g/mol. The third-order valence-electron chi connectivity index (χ3n) is 5.59. The second-order valence-electron chi connectivity index (χ2n) is 6.81. The van der Waals surface area contributed by atoms with Gasteiger partial charge in [0.25, 0.3) is 0 Å². The molecule has 0 aromatic heterocycles. The number of hydrogen-bond donors (Lipinski definition) is 1. The van der Waals surface area contributed by atoms with E-state index >= 15 is 0 Å². The zero-order valence-electron chi connectivity index (χ0n) is 13.5. The van der Waals surface area contributed by atoms with E-state index in [0.717, 1.165) is 12.0 Å². The Labute approximate surface area is 138 Å². The second kappa shape index (κ2) is 6.16. The molecule has 2 aliphatic carbocycles. The van der Waals surface area contributed by atoms with Gasteiger partial charge in [0.1, 0.15) is 0 Å². The molecule has 0 heterocycles. The van der Waals surface area contributed by atoms with E-state index in [4.69, 9.17) is 5.41 Å². The molecule has 0 spiro atoms. The van der Waals surface area contributed by atoms with Gasteiger partial charge >= 0.3 is 0 Å². The van der Waals surface area contributed by atoms with Gasteiger partial charge in [0, 0.05) is 11.8 Å². The van der Waals surface area contributed by atoms with E-state index in [2.05, 4.69) is 54.6 Å². The van der Waals surface area contributed by atoms with Crippen molar-refractivity contribution in [2.75, 3.05) is 0 Å². The predicted octanol–water partition coefficient (Wildman–Crippen LogP) is 6.00. The van der Waals surface area contributed by atoms with Crippen molar-refractivity contribution < 1.29 is 0 Å². The number of rotatable bonds is 3. The number of allylic oxidation sites excluding steroid dienone is 4. The summed E-state index contributed by atoms with van der Waals surface area (Å²) in [5.74, 6) is 1.22. The van der Waals surface area contributed by atoms with Gasteiger partial charge < -0.3 is 5.41 Å². The molecule has 1 fully saturated rings. The molecule has 1 saturated carbocycles. The number of hydrogen-bond acceptors (Lipinski definition) is 1.